The number of carbonyl (C=O) groups excluding carboxylic acids is 3. The van der Waals surface area contributed by atoms with E-state index in [1.165, 1.54) is 17.7 Å². The third-order valence-electron chi connectivity index (χ3n) is 9.37. The molecule has 0 bridgehead atoms. The van der Waals surface area contributed by atoms with Crippen LogP contribution in [0.15, 0.2) is 48.5 Å². The quantitative estimate of drug-likeness (QED) is 0.0580. The molecule has 3 unspecified atom stereocenters. The maximum absolute atomic E-state index is 13.5. The molecular weight excluding hydrogens is 784 g/mol. The van der Waals surface area contributed by atoms with Crippen molar-refractivity contribution in [1.82, 2.24) is 47.9 Å². The van der Waals surface area contributed by atoms with E-state index in [0.29, 0.717) is 42.5 Å². The minimum atomic E-state index is -1.28. The topological polar surface area (TPSA) is 246 Å². The summed E-state index contributed by atoms with van der Waals surface area (Å²) in [4.78, 5) is 60.0. The summed E-state index contributed by atoms with van der Waals surface area (Å²) in [6.45, 7) is 6.68. The predicted molar refractivity (Wildman–Crippen MR) is 228 cm³/mol. The first-order valence-corrected chi connectivity index (χ1v) is 20.7. The van der Waals surface area contributed by atoms with Gasteiger partial charge in [0.05, 0.1) is 0 Å². The number of aliphatic carboxylic acids is 2. The van der Waals surface area contributed by atoms with E-state index in [2.05, 4.69) is 60.0 Å². The van der Waals surface area contributed by atoms with Gasteiger partial charge in [-0.05, 0) is 86.1 Å². The number of nitrogens with one attached hydrogen (secondary N) is 10. The minimum Gasteiger partial charge on any atom is -0.480 e. The number of carbonyl (C=O) groups is 5. The summed E-state index contributed by atoms with van der Waals surface area (Å²) in [5, 5.41) is 48.9. The van der Waals surface area contributed by atoms with E-state index in [4.69, 9.17) is 17.3 Å². The van der Waals surface area contributed by atoms with Gasteiger partial charge in [0.2, 0.25) is 11.8 Å². The number of benzene rings is 2. The van der Waals surface area contributed by atoms with Crippen molar-refractivity contribution in [3.63, 3.8) is 0 Å². The Kier molecular flexibility index (Phi) is 23.4. The molecule has 326 valence electrons. The molecule has 12 N–H and O–H groups in total. The Hall–Kier alpha value is -4.95. The molecule has 3 atom stereocenters. The van der Waals surface area contributed by atoms with Crippen molar-refractivity contribution < 1.29 is 38.6 Å². The van der Waals surface area contributed by atoms with Crippen molar-refractivity contribution in [2.75, 3.05) is 70.8 Å². The molecule has 17 nitrogen and oxygen atoms in total. The summed E-state index contributed by atoms with van der Waals surface area (Å²) < 4.78 is 13.5. The second-order valence-electron chi connectivity index (χ2n) is 14.3. The maximum Gasteiger partial charge on any atom is 0.326 e. The van der Waals surface area contributed by atoms with E-state index in [1.807, 2.05) is 17.4 Å². The number of carboxylic acids is 2. The van der Waals surface area contributed by atoms with Gasteiger partial charge in [-0.25, -0.2) is 14.0 Å². The molecular formula is C40H61FN10O7S. The Labute approximate surface area is 350 Å². The average molecular weight is 845 g/mol. The summed E-state index contributed by atoms with van der Waals surface area (Å²) in [6, 6.07) is 11.1. The summed E-state index contributed by atoms with van der Waals surface area (Å²) >= 11 is 5.49. The predicted octanol–water partition coefficient (Wildman–Crippen LogP) is 0.807. The normalized spacial score (nSPS) is 15.8. The van der Waals surface area contributed by atoms with Crippen LogP contribution in [-0.2, 0) is 32.0 Å². The second kappa shape index (κ2) is 28.5. The van der Waals surface area contributed by atoms with E-state index in [-0.39, 0.29) is 31.7 Å². The van der Waals surface area contributed by atoms with E-state index in [1.54, 1.807) is 12.1 Å². The Morgan fingerprint density at radius 1 is 0.729 bits per heavy atom. The first-order chi connectivity index (χ1) is 28.5. The van der Waals surface area contributed by atoms with Crippen molar-refractivity contribution in [3.8, 4) is 0 Å². The van der Waals surface area contributed by atoms with Crippen LogP contribution < -0.4 is 53.2 Å². The number of hydrogen-bond acceptors (Lipinski definition) is 10. The largest absolute Gasteiger partial charge is 0.480 e. The molecule has 0 radical (unpaired) electrons. The van der Waals surface area contributed by atoms with Gasteiger partial charge in [0.25, 0.3) is 0 Å². The fraction of sp³-hybridized carbons (Fsp3) is 0.550. The van der Waals surface area contributed by atoms with Crippen LogP contribution in [0.5, 0.6) is 0 Å². The average Bonchev–Trinajstić information content (AvgIpc) is 3.20. The van der Waals surface area contributed by atoms with Crippen LogP contribution in [-0.4, -0.2) is 129 Å². The van der Waals surface area contributed by atoms with Crippen molar-refractivity contribution in [2.24, 2.45) is 0 Å². The number of halogens is 1. The van der Waals surface area contributed by atoms with Crippen LogP contribution in [0.2, 0.25) is 0 Å². The highest BCUT2D eigenvalue weighted by Gasteiger charge is 2.22. The molecule has 1 aliphatic heterocycles. The number of amides is 4. The first-order valence-electron chi connectivity index (χ1n) is 20.3. The van der Waals surface area contributed by atoms with E-state index in [9.17, 15) is 33.5 Å². The van der Waals surface area contributed by atoms with Gasteiger partial charge in [-0.2, -0.15) is 0 Å². The Morgan fingerprint density at radius 2 is 1.37 bits per heavy atom. The van der Waals surface area contributed by atoms with Crippen molar-refractivity contribution in [1.29, 1.82) is 0 Å². The molecule has 0 saturated carbocycles. The SMILES string of the molecule is O=C(O)CNC(=O)NC(CCCCNC(=O)C(Cc1ccc(F)cc1)NC(=O)CCCCCNC(=S)Nc1ccc(CC2CNCCNCCNCCN2)cc1)C(=O)O. The number of urea groups is 1. The van der Waals surface area contributed by atoms with Crippen LogP contribution in [0, 0.1) is 5.82 Å². The highest BCUT2D eigenvalue weighted by Crippen LogP contribution is 2.12. The lowest BCUT2D eigenvalue weighted by Crippen LogP contribution is -2.48. The summed E-state index contributed by atoms with van der Waals surface area (Å²) in [7, 11) is 0. The molecule has 2 aromatic carbocycles. The van der Waals surface area contributed by atoms with Gasteiger partial charge in [-0.1, -0.05) is 30.7 Å². The van der Waals surface area contributed by atoms with Crippen LogP contribution in [0.4, 0.5) is 14.9 Å². The number of unbranched alkanes of at least 4 members (excludes halogenated alkanes) is 3. The van der Waals surface area contributed by atoms with Crippen molar-refractivity contribution >= 4 is 52.8 Å². The minimum absolute atomic E-state index is 0.0430. The molecule has 1 saturated heterocycles. The fourth-order valence-corrected chi connectivity index (χ4v) is 6.42. The highest BCUT2D eigenvalue weighted by molar-refractivity contribution is 7.80. The molecule has 1 fully saturated rings. The third-order valence-corrected chi connectivity index (χ3v) is 9.62. The Morgan fingerprint density at radius 3 is 2.07 bits per heavy atom. The number of rotatable bonds is 22. The van der Waals surface area contributed by atoms with Crippen LogP contribution in [0.1, 0.15) is 56.1 Å². The molecule has 19 heteroatoms. The lowest BCUT2D eigenvalue weighted by Gasteiger charge is -2.21. The smallest absolute Gasteiger partial charge is 0.326 e. The molecule has 0 spiro atoms. The van der Waals surface area contributed by atoms with Gasteiger partial charge in [-0.15, -0.1) is 0 Å². The van der Waals surface area contributed by atoms with Gasteiger partial charge in [0.1, 0.15) is 24.4 Å². The molecule has 0 aliphatic carbocycles. The third kappa shape index (κ3) is 22.1. The summed E-state index contributed by atoms with van der Waals surface area (Å²) in [6.07, 6.45) is 4.09. The number of thiocarbonyl (C=S) groups is 1. The molecule has 1 aliphatic rings. The Bertz CT molecular complexity index is 1590. The second-order valence-corrected chi connectivity index (χ2v) is 14.7. The van der Waals surface area contributed by atoms with E-state index in [0.717, 1.165) is 70.8 Å². The summed E-state index contributed by atoms with van der Waals surface area (Å²) in [5.41, 5.74) is 2.78. The number of anilines is 1. The molecule has 3 rings (SSSR count). The highest BCUT2D eigenvalue weighted by atomic mass is 32.1. The van der Waals surface area contributed by atoms with Gasteiger partial charge < -0.3 is 63.4 Å². The van der Waals surface area contributed by atoms with Crippen LogP contribution in [0.3, 0.4) is 0 Å². The van der Waals surface area contributed by atoms with E-state index >= 15 is 0 Å². The lowest BCUT2D eigenvalue weighted by atomic mass is 10.0. The Balaban J connectivity index is 1.35. The standard InChI is InChI=1S/C40H61FN10O7S/c41-30-12-8-29(9-13-30)25-34(37(55)46-16-5-3-6-33(38(56)57)51-39(58)48-27-36(53)54)50-35(52)7-2-1-4-17-47-40(59)49-31-14-10-28(11-15-31)24-32-26-44-21-20-42-18-19-43-22-23-45-32/h8-15,32-34,42-45H,1-7,16-27H2,(H,46,55)(H,50,52)(H,53,54)(H,56,57)(H2,47,49,59)(H2,48,51,58). The van der Waals surface area contributed by atoms with Crippen molar-refractivity contribution in [2.45, 2.75) is 75.9 Å². The lowest BCUT2D eigenvalue weighted by molar-refractivity contribution is -0.139. The number of hydrogen-bond donors (Lipinski definition) is 12. The van der Waals surface area contributed by atoms with Gasteiger partial charge >= 0.3 is 18.0 Å². The molecule has 2 aromatic rings. The maximum atomic E-state index is 13.5. The van der Waals surface area contributed by atoms with Crippen LogP contribution in [0.25, 0.3) is 0 Å². The molecule has 59 heavy (non-hydrogen) atoms. The zero-order chi connectivity index (χ0) is 42.7. The zero-order valence-electron chi connectivity index (χ0n) is 33.5. The molecule has 4 amide bonds. The van der Waals surface area contributed by atoms with Gasteiger partial charge in [0, 0.05) is 83.5 Å². The van der Waals surface area contributed by atoms with Crippen molar-refractivity contribution in [3.05, 3.63) is 65.5 Å². The van der Waals surface area contributed by atoms with Gasteiger partial charge in [0.15, 0.2) is 5.11 Å². The zero-order valence-corrected chi connectivity index (χ0v) is 34.3. The monoisotopic (exact) mass is 844 g/mol. The molecule has 0 aromatic heterocycles. The summed E-state index contributed by atoms with van der Waals surface area (Å²) in [5.74, 6) is -3.72. The van der Waals surface area contributed by atoms with Gasteiger partial charge in [-0.3, -0.25) is 14.4 Å². The first kappa shape index (κ1) is 48.4. The number of carboxylic acid groups (broad SMARTS) is 2. The van der Waals surface area contributed by atoms with Crippen LogP contribution >= 0.6 is 12.2 Å². The molecule has 1 heterocycles. The van der Waals surface area contributed by atoms with E-state index < -0.39 is 48.3 Å². The fourth-order valence-electron chi connectivity index (χ4n) is 6.20.